The second-order valence-electron chi connectivity index (χ2n) is 7.25. The highest BCUT2D eigenvalue weighted by Crippen LogP contribution is 2.33. The zero-order valence-corrected chi connectivity index (χ0v) is 18.6. The van der Waals surface area contributed by atoms with Gasteiger partial charge in [-0.1, -0.05) is 18.2 Å². The highest BCUT2D eigenvalue weighted by molar-refractivity contribution is 7.87. The van der Waals surface area contributed by atoms with Crippen molar-refractivity contribution in [2.45, 2.75) is 17.5 Å². The summed E-state index contributed by atoms with van der Waals surface area (Å²) in [5.74, 6) is 0.575. The second kappa shape index (κ2) is 9.66. The number of benzene rings is 3. The molecule has 3 aromatic carbocycles. The maximum Gasteiger partial charge on any atom is 0.416 e. The van der Waals surface area contributed by atoms with Gasteiger partial charge in [0.1, 0.15) is 4.90 Å². The van der Waals surface area contributed by atoms with E-state index in [4.69, 9.17) is 13.7 Å². The van der Waals surface area contributed by atoms with Crippen molar-refractivity contribution >= 4 is 22.2 Å². The van der Waals surface area contributed by atoms with E-state index in [1.165, 1.54) is 24.4 Å². The van der Waals surface area contributed by atoms with Gasteiger partial charge in [-0.3, -0.25) is 4.79 Å². The summed E-state index contributed by atoms with van der Waals surface area (Å²) in [6.07, 6.45) is -3.40. The summed E-state index contributed by atoms with van der Waals surface area (Å²) in [5, 5.41) is 3.83. The van der Waals surface area contributed by atoms with Crippen molar-refractivity contribution in [1.29, 1.82) is 0 Å². The zero-order chi connectivity index (χ0) is 25.1. The topological polar surface area (TPSA) is 103 Å². The van der Waals surface area contributed by atoms with Gasteiger partial charge in [0.2, 0.25) is 12.7 Å². The van der Waals surface area contributed by atoms with Gasteiger partial charge in [0.25, 0.3) is 0 Å². The van der Waals surface area contributed by atoms with Crippen LogP contribution < -0.4 is 19.1 Å². The third kappa shape index (κ3) is 5.90. The molecule has 1 aliphatic rings. The van der Waals surface area contributed by atoms with Crippen molar-refractivity contribution in [1.82, 2.24) is 5.43 Å². The van der Waals surface area contributed by atoms with Crippen LogP contribution in [0.2, 0.25) is 0 Å². The number of hydrazone groups is 1. The van der Waals surface area contributed by atoms with Gasteiger partial charge in [-0.05, 0) is 54.1 Å². The van der Waals surface area contributed by atoms with E-state index in [2.05, 4.69) is 10.5 Å². The average molecular weight is 506 g/mol. The molecule has 182 valence electrons. The fourth-order valence-corrected chi connectivity index (χ4v) is 4.04. The van der Waals surface area contributed by atoms with E-state index < -0.39 is 32.7 Å². The first kappa shape index (κ1) is 24.1. The molecule has 0 spiro atoms. The lowest BCUT2D eigenvalue weighted by Gasteiger charge is -2.11. The van der Waals surface area contributed by atoms with E-state index in [-0.39, 0.29) is 24.5 Å². The lowest BCUT2D eigenvalue weighted by atomic mass is 10.1. The van der Waals surface area contributed by atoms with Crippen LogP contribution in [0, 0.1) is 0 Å². The molecule has 12 heteroatoms. The van der Waals surface area contributed by atoms with E-state index in [9.17, 15) is 26.4 Å². The fraction of sp³-hybridized carbons (Fsp3) is 0.130. The van der Waals surface area contributed by atoms with E-state index in [1.807, 2.05) is 0 Å². The van der Waals surface area contributed by atoms with Gasteiger partial charge >= 0.3 is 16.3 Å². The number of rotatable bonds is 7. The molecule has 35 heavy (non-hydrogen) atoms. The molecule has 0 aliphatic carbocycles. The van der Waals surface area contributed by atoms with E-state index in [0.29, 0.717) is 29.2 Å². The van der Waals surface area contributed by atoms with Gasteiger partial charge in [0, 0.05) is 5.56 Å². The lowest BCUT2D eigenvalue weighted by Crippen LogP contribution is -2.19. The Labute approximate surface area is 198 Å². The monoisotopic (exact) mass is 506 g/mol. The van der Waals surface area contributed by atoms with E-state index >= 15 is 0 Å². The smallest absolute Gasteiger partial charge is 0.416 e. The van der Waals surface area contributed by atoms with Crippen LogP contribution in [0.25, 0.3) is 0 Å². The largest absolute Gasteiger partial charge is 0.454 e. The molecule has 0 aromatic heterocycles. The van der Waals surface area contributed by atoms with Crippen LogP contribution in [-0.2, 0) is 27.5 Å². The molecule has 0 saturated heterocycles. The SMILES string of the molecule is O=C(Cc1ccc2c(c1)OCO2)N/N=C/c1ccccc1OS(=O)(=O)c1ccc(C(F)(F)F)cc1. The number of ether oxygens (including phenoxy) is 2. The minimum Gasteiger partial charge on any atom is -0.454 e. The molecule has 1 heterocycles. The Kier molecular flexibility index (Phi) is 6.65. The van der Waals surface area contributed by atoms with E-state index in [0.717, 1.165) is 12.1 Å². The van der Waals surface area contributed by atoms with Gasteiger partial charge in [-0.15, -0.1) is 0 Å². The summed E-state index contributed by atoms with van der Waals surface area (Å²) in [7, 11) is -4.42. The van der Waals surface area contributed by atoms with Gasteiger partial charge < -0.3 is 13.7 Å². The van der Waals surface area contributed by atoms with Crippen LogP contribution in [0.4, 0.5) is 13.2 Å². The van der Waals surface area contributed by atoms with Crippen molar-refractivity contribution in [2.24, 2.45) is 5.10 Å². The molecule has 0 unspecified atom stereocenters. The van der Waals surface area contributed by atoms with Crippen molar-refractivity contribution in [3.05, 3.63) is 83.4 Å². The average Bonchev–Trinajstić information content (AvgIpc) is 3.27. The number of hydrogen-bond donors (Lipinski definition) is 1. The molecular formula is C23H17F3N2O6S. The van der Waals surface area contributed by atoms with Gasteiger partial charge in [0.05, 0.1) is 18.2 Å². The first-order chi connectivity index (χ1) is 16.6. The molecule has 1 amide bonds. The van der Waals surface area contributed by atoms with Gasteiger partial charge in [-0.2, -0.15) is 26.7 Å². The van der Waals surface area contributed by atoms with Crippen molar-refractivity contribution in [2.75, 3.05) is 6.79 Å². The molecule has 0 bridgehead atoms. The normalized spacial score (nSPS) is 13.1. The summed E-state index contributed by atoms with van der Waals surface area (Å²) in [6, 6.07) is 13.9. The van der Waals surface area contributed by atoms with Crippen LogP contribution in [0.15, 0.2) is 76.7 Å². The highest BCUT2D eigenvalue weighted by Gasteiger charge is 2.31. The maximum atomic E-state index is 12.7. The Morgan fingerprint density at radius 1 is 1.03 bits per heavy atom. The summed E-state index contributed by atoms with van der Waals surface area (Å²) in [5.41, 5.74) is 2.24. The molecule has 1 N–H and O–H groups in total. The molecule has 1 aliphatic heterocycles. The fourth-order valence-electron chi connectivity index (χ4n) is 3.09. The summed E-state index contributed by atoms with van der Waals surface area (Å²) >= 11 is 0. The zero-order valence-electron chi connectivity index (χ0n) is 17.8. The number of hydrogen-bond acceptors (Lipinski definition) is 7. The quantitative estimate of drug-likeness (QED) is 0.296. The summed E-state index contributed by atoms with van der Waals surface area (Å²) in [6.45, 7) is 0.116. The Morgan fingerprint density at radius 2 is 1.74 bits per heavy atom. The Balaban J connectivity index is 1.41. The third-order valence-corrected chi connectivity index (χ3v) is 6.03. The Hall–Kier alpha value is -4.06. The molecule has 8 nitrogen and oxygen atoms in total. The number of amides is 1. The number of nitrogens with one attached hydrogen (secondary N) is 1. The molecule has 0 radical (unpaired) electrons. The molecule has 4 rings (SSSR count). The first-order valence-corrected chi connectivity index (χ1v) is 11.4. The number of carbonyl (C=O) groups is 1. The van der Waals surface area contributed by atoms with Crippen LogP contribution in [0.1, 0.15) is 16.7 Å². The standard InChI is InChI=1S/C23H17F3N2O6S/c24-23(25,26)17-6-8-18(9-7-17)35(30,31)34-19-4-2-1-3-16(19)13-27-28-22(29)12-15-5-10-20-21(11-15)33-14-32-20/h1-11,13H,12,14H2,(H,28,29)/b27-13+. The summed E-state index contributed by atoms with van der Waals surface area (Å²) in [4.78, 5) is 11.7. The van der Waals surface area contributed by atoms with Gasteiger partial charge in [-0.25, -0.2) is 5.43 Å². The molecule has 3 aromatic rings. The third-order valence-electron chi connectivity index (χ3n) is 4.78. The maximum absolute atomic E-state index is 12.7. The lowest BCUT2D eigenvalue weighted by molar-refractivity contribution is -0.137. The second-order valence-corrected chi connectivity index (χ2v) is 8.80. The number of carbonyl (C=O) groups excluding carboxylic acids is 1. The minimum absolute atomic E-state index is 0.00836. The van der Waals surface area contributed by atoms with E-state index in [1.54, 1.807) is 24.3 Å². The summed E-state index contributed by atoms with van der Waals surface area (Å²) < 4.78 is 78.9. The molecule has 0 fully saturated rings. The Bertz CT molecular complexity index is 1370. The Morgan fingerprint density at radius 3 is 2.49 bits per heavy atom. The van der Waals surface area contributed by atoms with Crippen LogP contribution >= 0.6 is 0 Å². The predicted octanol–water partition coefficient (Wildman–Crippen LogP) is 3.89. The minimum atomic E-state index is -4.60. The number of nitrogens with zero attached hydrogens (tertiary/aromatic N) is 1. The predicted molar refractivity (Wildman–Crippen MR) is 118 cm³/mol. The van der Waals surface area contributed by atoms with Crippen molar-refractivity contribution in [3.8, 4) is 17.2 Å². The van der Waals surface area contributed by atoms with Crippen LogP contribution in [-0.4, -0.2) is 27.3 Å². The van der Waals surface area contributed by atoms with Crippen molar-refractivity contribution < 1.29 is 40.0 Å². The van der Waals surface area contributed by atoms with Crippen LogP contribution in [0.5, 0.6) is 17.2 Å². The molecule has 0 saturated carbocycles. The van der Waals surface area contributed by atoms with Crippen molar-refractivity contribution in [3.63, 3.8) is 0 Å². The van der Waals surface area contributed by atoms with Crippen LogP contribution in [0.3, 0.4) is 0 Å². The molecule has 0 atom stereocenters. The number of alkyl halides is 3. The van der Waals surface area contributed by atoms with Gasteiger partial charge in [0.15, 0.2) is 17.2 Å². The highest BCUT2D eigenvalue weighted by atomic mass is 32.2. The number of halogens is 3. The first-order valence-electron chi connectivity index (χ1n) is 10.0. The number of para-hydroxylation sites is 1. The number of fused-ring (bicyclic) bond motifs is 1. The molecular weight excluding hydrogens is 489 g/mol.